The van der Waals surface area contributed by atoms with Gasteiger partial charge in [0.15, 0.2) is 0 Å². The Kier molecular flexibility index (Phi) is 4.42. The second-order valence-corrected chi connectivity index (χ2v) is 5.56. The van der Waals surface area contributed by atoms with Crippen molar-refractivity contribution >= 4 is 17.3 Å². The summed E-state index contributed by atoms with van der Waals surface area (Å²) in [5, 5.41) is 18.5. The Bertz CT molecular complexity index is 618. The molecule has 1 unspecified atom stereocenters. The number of methoxy groups -OCH3 is 1. The average molecular weight is 292 g/mol. The number of aliphatic hydroxyl groups excluding tert-OH is 1. The van der Waals surface area contributed by atoms with E-state index in [0.29, 0.717) is 5.75 Å². The third kappa shape index (κ3) is 2.84. The second-order valence-electron chi connectivity index (χ2n) is 4.44. The molecule has 0 bridgehead atoms. The number of carbonyl (C=O) groups is 1. The lowest BCUT2D eigenvalue weighted by Gasteiger charge is -2.08. The summed E-state index contributed by atoms with van der Waals surface area (Å²) >= 11 is 1.43. The van der Waals surface area contributed by atoms with Gasteiger partial charge >= 0.3 is 5.97 Å². The van der Waals surface area contributed by atoms with Crippen LogP contribution in [-0.4, -0.2) is 23.3 Å². The van der Waals surface area contributed by atoms with Gasteiger partial charge in [0.2, 0.25) is 0 Å². The highest BCUT2D eigenvalue weighted by atomic mass is 32.1. The monoisotopic (exact) mass is 292 g/mol. The maximum Gasteiger partial charge on any atom is 0.311 e. The van der Waals surface area contributed by atoms with Gasteiger partial charge < -0.3 is 14.9 Å². The lowest BCUT2D eigenvalue weighted by molar-refractivity contribution is -0.138. The minimum atomic E-state index is -0.837. The molecule has 4 nitrogen and oxygen atoms in total. The van der Waals surface area contributed by atoms with Crippen molar-refractivity contribution < 1.29 is 19.7 Å². The van der Waals surface area contributed by atoms with Crippen LogP contribution in [0, 0.1) is 0 Å². The number of aliphatic hydroxyl groups is 1. The van der Waals surface area contributed by atoms with E-state index >= 15 is 0 Å². The Morgan fingerprint density at radius 2 is 2.10 bits per heavy atom. The molecule has 0 amide bonds. The lowest BCUT2D eigenvalue weighted by Crippen LogP contribution is -2.04. The van der Waals surface area contributed by atoms with Crippen LogP contribution >= 0.6 is 11.3 Å². The molecule has 2 rings (SSSR count). The molecule has 20 heavy (non-hydrogen) atoms. The van der Waals surface area contributed by atoms with Crippen LogP contribution in [0.25, 0.3) is 10.4 Å². The first-order chi connectivity index (χ1) is 9.56. The van der Waals surface area contributed by atoms with Crippen LogP contribution in [0.4, 0.5) is 0 Å². The van der Waals surface area contributed by atoms with Gasteiger partial charge in [-0.3, -0.25) is 4.79 Å². The third-order valence-corrected chi connectivity index (χ3v) is 4.47. The lowest BCUT2D eigenvalue weighted by atomic mass is 10.1. The summed E-state index contributed by atoms with van der Waals surface area (Å²) in [7, 11) is 1.58. The molecule has 0 saturated heterocycles. The molecule has 0 aliphatic carbocycles. The Labute approximate surface area is 121 Å². The van der Waals surface area contributed by atoms with E-state index < -0.39 is 11.9 Å². The average Bonchev–Trinajstić information content (AvgIpc) is 2.95. The van der Waals surface area contributed by atoms with Crippen LogP contribution in [0.2, 0.25) is 0 Å². The van der Waals surface area contributed by atoms with Crippen LogP contribution in [0.15, 0.2) is 30.3 Å². The summed E-state index contributed by atoms with van der Waals surface area (Å²) < 4.78 is 5.14. The number of thiophene rings is 1. The summed E-state index contributed by atoms with van der Waals surface area (Å²) in [6, 6.07) is 9.21. The van der Waals surface area contributed by atoms with Crippen molar-refractivity contribution in [3.05, 3.63) is 40.8 Å². The fourth-order valence-electron chi connectivity index (χ4n) is 1.92. The van der Waals surface area contributed by atoms with Crippen LogP contribution < -0.4 is 4.74 Å². The van der Waals surface area contributed by atoms with Gasteiger partial charge in [-0.2, -0.15) is 0 Å². The van der Waals surface area contributed by atoms with Crippen molar-refractivity contribution in [2.75, 3.05) is 7.11 Å². The summed E-state index contributed by atoms with van der Waals surface area (Å²) in [6.07, 6.45) is 0. The summed E-state index contributed by atoms with van der Waals surface area (Å²) in [6.45, 7) is 1.58. The highest BCUT2D eigenvalue weighted by Crippen LogP contribution is 2.35. The number of carboxylic acid groups (broad SMARTS) is 1. The van der Waals surface area contributed by atoms with Crippen molar-refractivity contribution in [2.45, 2.75) is 19.4 Å². The molecule has 1 aromatic carbocycles. The second kappa shape index (κ2) is 6.07. The molecule has 0 saturated carbocycles. The van der Waals surface area contributed by atoms with Gasteiger partial charge in [-0.25, -0.2) is 0 Å². The highest BCUT2D eigenvalue weighted by molar-refractivity contribution is 7.15. The molecule has 2 aromatic rings. The third-order valence-electron chi connectivity index (χ3n) is 3.17. The Hall–Kier alpha value is -1.85. The van der Waals surface area contributed by atoms with Gasteiger partial charge in [-0.1, -0.05) is 0 Å². The summed E-state index contributed by atoms with van der Waals surface area (Å²) in [5.74, 6) is -0.673. The number of benzene rings is 1. The first-order valence-corrected chi connectivity index (χ1v) is 6.99. The standard InChI is InChI=1S/C15H16O4S/c1-9(15(17)18)13-5-6-14(20-13)12-4-3-11(19-2)7-10(12)8-16/h3-7,9,16H,8H2,1-2H3,(H,17,18). The van der Waals surface area contributed by atoms with E-state index in [2.05, 4.69) is 0 Å². The number of carboxylic acids is 1. The van der Waals surface area contributed by atoms with Crippen molar-refractivity contribution in [1.82, 2.24) is 0 Å². The minimum absolute atomic E-state index is 0.0890. The number of hydrogen-bond donors (Lipinski definition) is 2. The summed E-state index contributed by atoms with van der Waals surface area (Å²) in [4.78, 5) is 12.7. The number of aliphatic carboxylic acids is 1. The molecule has 0 aliphatic heterocycles. The molecule has 0 spiro atoms. The van der Waals surface area contributed by atoms with Crippen LogP contribution in [0.3, 0.4) is 0 Å². The zero-order chi connectivity index (χ0) is 14.7. The maximum atomic E-state index is 11.0. The predicted octanol–water partition coefficient (Wildman–Crippen LogP) is 3.10. The van der Waals surface area contributed by atoms with E-state index in [1.807, 2.05) is 24.3 Å². The largest absolute Gasteiger partial charge is 0.497 e. The van der Waals surface area contributed by atoms with Crippen LogP contribution in [0.1, 0.15) is 23.3 Å². The van der Waals surface area contributed by atoms with E-state index in [0.717, 1.165) is 20.9 Å². The van der Waals surface area contributed by atoms with Crippen molar-refractivity contribution in [3.8, 4) is 16.2 Å². The fraction of sp³-hybridized carbons (Fsp3) is 0.267. The molecule has 1 atom stereocenters. The summed E-state index contributed by atoms with van der Waals surface area (Å²) in [5.41, 5.74) is 1.67. The highest BCUT2D eigenvalue weighted by Gasteiger charge is 2.17. The van der Waals surface area contributed by atoms with Crippen LogP contribution in [-0.2, 0) is 11.4 Å². The van der Waals surface area contributed by atoms with E-state index in [1.54, 1.807) is 20.1 Å². The number of rotatable bonds is 5. The predicted molar refractivity (Wildman–Crippen MR) is 78.3 cm³/mol. The smallest absolute Gasteiger partial charge is 0.311 e. The van der Waals surface area contributed by atoms with E-state index in [9.17, 15) is 9.90 Å². The first-order valence-electron chi connectivity index (χ1n) is 6.17. The molecule has 5 heteroatoms. The van der Waals surface area contributed by atoms with Gasteiger partial charge in [-0.15, -0.1) is 11.3 Å². The zero-order valence-electron chi connectivity index (χ0n) is 11.3. The van der Waals surface area contributed by atoms with E-state index in [1.165, 1.54) is 11.3 Å². The zero-order valence-corrected chi connectivity index (χ0v) is 12.1. The normalized spacial score (nSPS) is 12.2. The Morgan fingerprint density at radius 1 is 1.35 bits per heavy atom. The van der Waals surface area contributed by atoms with Crippen molar-refractivity contribution in [2.24, 2.45) is 0 Å². The van der Waals surface area contributed by atoms with Gasteiger partial charge in [0.05, 0.1) is 19.6 Å². The van der Waals surface area contributed by atoms with Gasteiger partial charge in [0.25, 0.3) is 0 Å². The van der Waals surface area contributed by atoms with Gasteiger partial charge in [0, 0.05) is 9.75 Å². The molecule has 0 radical (unpaired) electrons. The van der Waals surface area contributed by atoms with Gasteiger partial charge in [0.1, 0.15) is 5.75 Å². The molecule has 0 fully saturated rings. The first kappa shape index (κ1) is 14.6. The quantitative estimate of drug-likeness (QED) is 0.888. The van der Waals surface area contributed by atoms with Gasteiger partial charge in [-0.05, 0) is 48.4 Å². The van der Waals surface area contributed by atoms with Crippen LogP contribution in [0.5, 0.6) is 5.75 Å². The molecule has 1 heterocycles. The SMILES string of the molecule is COc1ccc(-c2ccc(C(C)C(=O)O)s2)c(CO)c1. The fourth-order valence-corrected chi connectivity index (χ4v) is 3.03. The molecule has 2 N–H and O–H groups in total. The molecular weight excluding hydrogens is 276 g/mol. The Balaban J connectivity index is 2.39. The molecule has 0 aliphatic rings. The Morgan fingerprint density at radius 3 is 2.70 bits per heavy atom. The van der Waals surface area contributed by atoms with Crippen molar-refractivity contribution in [1.29, 1.82) is 0 Å². The topological polar surface area (TPSA) is 66.8 Å². The molecular formula is C15H16O4S. The maximum absolute atomic E-state index is 11.0. The van der Waals surface area contributed by atoms with E-state index in [-0.39, 0.29) is 6.61 Å². The number of hydrogen-bond acceptors (Lipinski definition) is 4. The molecule has 106 valence electrons. The minimum Gasteiger partial charge on any atom is -0.497 e. The van der Waals surface area contributed by atoms with Crippen molar-refractivity contribution in [3.63, 3.8) is 0 Å². The molecule has 1 aromatic heterocycles. The number of ether oxygens (including phenoxy) is 1. The van der Waals surface area contributed by atoms with E-state index in [4.69, 9.17) is 9.84 Å².